The lowest BCUT2D eigenvalue weighted by molar-refractivity contribution is 0.219. The standard InChI is InChI=1S/C12H28OSSi/c1-10(2)15(11(3)4,12(5)6)14-9-8-13-7/h10-12H,8-9H2,1-7H3. The van der Waals surface area contributed by atoms with Gasteiger partial charge < -0.3 is 4.74 Å². The van der Waals surface area contributed by atoms with Crippen molar-refractivity contribution in [3.63, 3.8) is 0 Å². The molecule has 0 N–H and O–H groups in total. The number of methoxy groups -OCH3 is 1. The molecule has 0 rings (SSSR count). The Hall–Kier alpha value is 0.527. The monoisotopic (exact) mass is 248 g/mol. The van der Waals surface area contributed by atoms with Crippen molar-refractivity contribution in [1.82, 2.24) is 0 Å². The molecule has 0 fully saturated rings. The maximum atomic E-state index is 5.18. The van der Waals surface area contributed by atoms with Crippen molar-refractivity contribution in [2.24, 2.45) is 0 Å². The largest absolute Gasteiger partial charge is 0.384 e. The minimum atomic E-state index is -1.23. The SMILES string of the molecule is COCCS[Si](C(C)C)(C(C)C)C(C)C. The molecule has 0 aromatic carbocycles. The van der Waals surface area contributed by atoms with Crippen LogP contribution in [0.1, 0.15) is 41.5 Å². The number of ether oxygens (including phenoxy) is 1. The van der Waals surface area contributed by atoms with Crippen molar-refractivity contribution < 1.29 is 4.74 Å². The Morgan fingerprint density at radius 1 is 0.933 bits per heavy atom. The summed E-state index contributed by atoms with van der Waals surface area (Å²) in [7, 11) is 0.567. The van der Waals surface area contributed by atoms with Gasteiger partial charge in [-0.15, -0.1) is 0 Å². The first kappa shape index (κ1) is 15.5. The molecule has 0 aliphatic rings. The van der Waals surface area contributed by atoms with Crippen LogP contribution in [0.15, 0.2) is 0 Å². The zero-order chi connectivity index (χ0) is 12.1. The molecule has 0 aliphatic heterocycles. The van der Waals surface area contributed by atoms with E-state index in [1.54, 1.807) is 7.11 Å². The van der Waals surface area contributed by atoms with Crippen molar-refractivity contribution in [3.05, 3.63) is 0 Å². The van der Waals surface area contributed by atoms with Crippen LogP contribution in [0.3, 0.4) is 0 Å². The first-order valence-electron chi connectivity index (χ1n) is 6.02. The molecule has 0 spiro atoms. The number of hydrogen-bond acceptors (Lipinski definition) is 2. The molecule has 0 unspecified atom stereocenters. The molecule has 0 aromatic rings. The van der Waals surface area contributed by atoms with Crippen LogP contribution in [0, 0.1) is 0 Å². The quantitative estimate of drug-likeness (QED) is 0.483. The molecule has 92 valence electrons. The molecule has 0 amide bonds. The minimum Gasteiger partial charge on any atom is -0.384 e. The van der Waals surface area contributed by atoms with Crippen LogP contribution in [0.5, 0.6) is 0 Å². The van der Waals surface area contributed by atoms with Crippen molar-refractivity contribution in [2.75, 3.05) is 19.5 Å². The van der Waals surface area contributed by atoms with E-state index < -0.39 is 7.22 Å². The molecule has 1 nitrogen and oxygen atoms in total. The fourth-order valence-corrected chi connectivity index (χ4v) is 12.7. The summed E-state index contributed by atoms with van der Waals surface area (Å²) in [5.74, 6) is 1.16. The van der Waals surface area contributed by atoms with E-state index in [4.69, 9.17) is 4.74 Å². The molecule has 0 atom stereocenters. The van der Waals surface area contributed by atoms with E-state index >= 15 is 0 Å². The Labute approximate surface area is 101 Å². The van der Waals surface area contributed by atoms with Gasteiger partial charge in [-0.25, -0.2) is 0 Å². The van der Waals surface area contributed by atoms with Crippen LogP contribution < -0.4 is 0 Å². The fraction of sp³-hybridized carbons (Fsp3) is 1.00. The second-order valence-electron chi connectivity index (χ2n) is 5.16. The van der Waals surface area contributed by atoms with E-state index in [0.717, 1.165) is 29.0 Å². The summed E-state index contributed by atoms with van der Waals surface area (Å²) in [5.41, 5.74) is 2.54. The summed E-state index contributed by atoms with van der Waals surface area (Å²) in [6.45, 7) is 15.3. The smallest absolute Gasteiger partial charge is 0.125 e. The average Bonchev–Trinajstić information content (AvgIpc) is 2.10. The van der Waals surface area contributed by atoms with Gasteiger partial charge in [0, 0.05) is 12.9 Å². The summed E-state index contributed by atoms with van der Waals surface area (Å²) in [6, 6.07) is 0. The molecule has 3 heteroatoms. The summed E-state index contributed by atoms with van der Waals surface area (Å²) in [6.07, 6.45) is 0. The normalized spacial score (nSPS) is 13.2. The van der Waals surface area contributed by atoms with Crippen molar-refractivity contribution >= 4 is 18.4 Å². The van der Waals surface area contributed by atoms with Crippen LogP contribution in [0.2, 0.25) is 16.6 Å². The van der Waals surface area contributed by atoms with Gasteiger partial charge >= 0.3 is 0 Å². The van der Waals surface area contributed by atoms with Crippen LogP contribution >= 0.6 is 11.2 Å². The van der Waals surface area contributed by atoms with Gasteiger partial charge in [-0.1, -0.05) is 41.5 Å². The second-order valence-corrected chi connectivity index (χ2v) is 14.0. The summed E-state index contributed by atoms with van der Waals surface area (Å²) >= 11 is 2.23. The lowest BCUT2D eigenvalue weighted by atomic mass is 10.5. The highest BCUT2D eigenvalue weighted by Crippen LogP contribution is 2.48. The summed E-state index contributed by atoms with van der Waals surface area (Å²) < 4.78 is 5.18. The Morgan fingerprint density at radius 3 is 1.60 bits per heavy atom. The third-order valence-corrected chi connectivity index (χ3v) is 16.0. The van der Waals surface area contributed by atoms with Crippen molar-refractivity contribution in [3.8, 4) is 0 Å². The average molecular weight is 249 g/mol. The van der Waals surface area contributed by atoms with E-state index in [0.29, 0.717) is 0 Å². The molecule has 0 aromatic heterocycles. The summed E-state index contributed by atoms with van der Waals surface area (Å²) in [5, 5.41) is 0. The highest BCUT2D eigenvalue weighted by Gasteiger charge is 2.43. The molecule has 0 radical (unpaired) electrons. The maximum Gasteiger partial charge on any atom is 0.125 e. The van der Waals surface area contributed by atoms with Crippen LogP contribution in [0.25, 0.3) is 0 Å². The molecule has 0 bridgehead atoms. The first-order chi connectivity index (χ1) is 6.89. The highest BCUT2D eigenvalue weighted by atomic mass is 32.4. The van der Waals surface area contributed by atoms with Crippen molar-refractivity contribution in [2.45, 2.75) is 58.2 Å². The highest BCUT2D eigenvalue weighted by molar-refractivity contribution is 8.29. The van der Waals surface area contributed by atoms with Crippen LogP contribution in [-0.4, -0.2) is 26.7 Å². The zero-order valence-electron chi connectivity index (χ0n) is 11.5. The number of hydrogen-bond donors (Lipinski definition) is 0. The van der Waals surface area contributed by atoms with E-state index in [1.165, 1.54) is 0 Å². The maximum absolute atomic E-state index is 5.18. The lowest BCUT2D eigenvalue weighted by Gasteiger charge is -2.42. The predicted octanol–water partition coefficient (Wildman–Crippen LogP) is 4.54. The molecule has 0 saturated carbocycles. The first-order valence-corrected chi connectivity index (χ1v) is 9.96. The van der Waals surface area contributed by atoms with E-state index in [-0.39, 0.29) is 0 Å². The minimum absolute atomic E-state index is 0.847. The van der Waals surface area contributed by atoms with Gasteiger partial charge in [0.05, 0.1) is 6.61 Å². The molecule has 0 aliphatic carbocycles. The molecule has 15 heavy (non-hydrogen) atoms. The lowest BCUT2D eigenvalue weighted by Crippen LogP contribution is -2.41. The van der Waals surface area contributed by atoms with Crippen LogP contribution in [-0.2, 0) is 4.74 Å². The van der Waals surface area contributed by atoms with Gasteiger partial charge in [-0.2, -0.15) is 11.2 Å². The van der Waals surface area contributed by atoms with E-state index in [9.17, 15) is 0 Å². The van der Waals surface area contributed by atoms with Crippen LogP contribution in [0.4, 0.5) is 0 Å². The molecular formula is C12H28OSSi. The molecule has 0 heterocycles. The van der Waals surface area contributed by atoms with Gasteiger partial charge in [-0.3, -0.25) is 0 Å². The summed E-state index contributed by atoms with van der Waals surface area (Å²) in [4.78, 5) is 0. The third kappa shape index (κ3) is 3.79. The molecule has 0 saturated heterocycles. The van der Waals surface area contributed by atoms with Gasteiger partial charge in [0.2, 0.25) is 0 Å². The van der Waals surface area contributed by atoms with Gasteiger partial charge in [0.15, 0.2) is 0 Å². The Bertz CT molecular complexity index is 147. The molecular weight excluding hydrogens is 220 g/mol. The predicted molar refractivity (Wildman–Crippen MR) is 75.4 cm³/mol. The van der Waals surface area contributed by atoms with Gasteiger partial charge in [-0.05, 0) is 16.6 Å². The second kappa shape index (κ2) is 6.97. The van der Waals surface area contributed by atoms with Gasteiger partial charge in [0.25, 0.3) is 0 Å². The fourth-order valence-electron chi connectivity index (χ4n) is 2.80. The topological polar surface area (TPSA) is 9.23 Å². The van der Waals surface area contributed by atoms with E-state index in [2.05, 4.69) is 52.8 Å². The Morgan fingerprint density at radius 2 is 1.33 bits per heavy atom. The Kier molecular flexibility index (Phi) is 7.22. The Balaban J connectivity index is 4.65. The van der Waals surface area contributed by atoms with Gasteiger partial charge in [0.1, 0.15) is 7.22 Å². The zero-order valence-corrected chi connectivity index (χ0v) is 13.3. The van der Waals surface area contributed by atoms with E-state index in [1.807, 2.05) is 0 Å². The third-order valence-electron chi connectivity index (χ3n) is 3.35. The number of rotatable bonds is 7. The van der Waals surface area contributed by atoms with Crippen molar-refractivity contribution in [1.29, 1.82) is 0 Å².